The van der Waals surface area contributed by atoms with E-state index in [2.05, 4.69) is 5.32 Å². The zero-order valence-electron chi connectivity index (χ0n) is 21.9. The molecule has 2 aliphatic rings. The molecule has 2 N–H and O–H groups in total. The highest BCUT2D eigenvalue weighted by Crippen LogP contribution is 2.35. The molecule has 218 valence electrons. The summed E-state index contributed by atoms with van der Waals surface area (Å²) in [6.45, 7) is 1.05. The predicted molar refractivity (Wildman–Crippen MR) is 152 cm³/mol. The number of nitrogens with one attached hydrogen (secondary N) is 2. The summed E-state index contributed by atoms with van der Waals surface area (Å²) in [5.74, 6) is -0.532. The number of anilines is 1. The van der Waals surface area contributed by atoms with Gasteiger partial charge in [0.15, 0.2) is 0 Å². The summed E-state index contributed by atoms with van der Waals surface area (Å²) in [4.78, 5) is 28.6. The second-order valence-electron chi connectivity index (χ2n) is 9.43. The van der Waals surface area contributed by atoms with Gasteiger partial charge in [-0.25, -0.2) is 9.29 Å². The van der Waals surface area contributed by atoms with Crippen LogP contribution in [-0.4, -0.2) is 66.2 Å². The van der Waals surface area contributed by atoms with Gasteiger partial charge in [0.2, 0.25) is 0 Å². The number of carbonyl (C=O) groups excluding carboxylic acids is 2. The second-order valence-corrected chi connectivity index (χ2v) is 10.9. The summed E-state index contributed by atoms with van der Waals surface area (Å²) in [7, 11) is 1.56. The molecule has 2 atom stereocenters. The van der Waals surface area contributed by atoms with Crippen LogP contribution in [0, 0.1) is 5.41 Å². The quantitative estimate of drug-likeness (QED) is 0.180. The first kappa shape index (κ1) is 30.8. The molecule has 13 heteroatoms. The number of imide groups is 1. The maximum Gasteiger partial charge on any atom is 0.416 e. The summed E-state index contributed by atoms with van der Waals surface area (Å²) in [5, 5.41) is 10.2. The summed E-state index contributed by atoms with van der Waals surface area (Å²) in [6.07, 6.45) is 0.245. The van der Waals surface area contributed by atoms with Gasteiger partial charge in [-0.05, 0) is 59.7 Å². The van der Waals surface area contributed by atoms with Crippen molar-refractivity contribution in [1.82, 2.24) is 9.80 Å². The summed E-state index contributed by atoms with van der Waals surface area (Å²) >= 11 is 6.50. The lowest BCUT2D eigenvalue weighted by atomic mass is 10.1. The molecule has 2 aromatic rings. The maximum atomic E-state index is 14.0. The van der Waals surface area contributed by atoms with Crippen LogP contribution in [0.1, 0.15) is 28.7 Å². The first-order valence-electron chi connectivity index (χ1n) is 12.6. The number of carbonyl (C=O) groups is 2. The van der Waals surface area contributed by atoms with Gasteiger partial charge in [0.25, 0.3) is 11.1 Å². The van der Waals surface area contributed by atoms with E-state index in [4.69, 9.17) is 21.7 Å². The number of nitrogens with zero attached hydrogens (tertiary/aromatic N) is 2. The Kier molecular flexibility index (Phi) is 9.90. The summed E-state index contributed by atoms with van der Waals surface area (Å²) < 4.78 is 59.3. The molecule has 2 fully saturated rings. The maximum absolute atomic E-state index is 14.0. The number of hydrogen-bond acceptors (Lipinski definition) is 7. The molecule has 2 heterocycles. The first-order valence-corrected chi connectivity index (χ1v) is 13.8. The number of benzene rings is 2. The van der Waals surface area contributed by atoms with Crippen molar-refractivity contribution in [3.8, 4) is 0 Å². The van der Waals surface area contributed by atoms with Gasteiger partial charge < -0.3 is 15.5 Å². The molecule has 1 unspecified atom stereocenters. The molecule has 7 nitrogen and oxygen atoms in total. The van der Waals surface area contributed by atoms with Crippen molar-refractivity contribution in [2.24, 2.45) is 0 Å². The number of hydrogen-bond donors (Lipinski definition) is 2. The topological polar surface area (TPSA) is 85.7 Å². The Bertz CT molecular complexity index is 1380. The smallest absolute Gasteiger partial charge is 0.383 e. The highest BCUT2D eigenvalue weighted by atomic mass is 35.5. The summed E-state index contributed by atoms with van der Waals surface area (Å²) in [6, 6.07) is 8.06. The summed E-state index contributed by atoms with van der Waals surface area (Å²) in [5.41, 5.74) is 0.448. The fourth-order valence-corrected chi connectivity index (χ4v) is 5.58. The van der Waals surface area contributed by atoms with Gasteiger partial charge in [-0.15, -0.1) is 0 Å². The Morgan fingerprint density at radius 1 is 1.22 bits per heavy atom. The largest absolute Gasteiger partial charge is 0.416 e. The number of thioether (sulfide) groups is 1. The molecule has 2 saturated heterocycles. The van der Waals surface area contributed by atoms with Crippen molar-refractivity contribution in [2.45, 2.75) is 31.4 Å². The van der Waals surface area contributed by atoms with E-state index in [-0.39, 0.29) is 41.0 Å². The van der Waals surface area contributed by atoms with Gasteiger partial charge in [0.05, 0.1) is 17.1 Å². The van der Waals surface area contributed by atoms with Gasteiger partial charge in [-0.3, -0.25) is 14.5 Å². The van der Waals surface area contributed by atoms with E-state index in [0.717, 1.165) is 28.9 Å². The molecule has 4 rings (SSSR count). The molecule has 41 heavy (non-hydrogen) atoms. The number of halogens is 5. The van der Waals surface area contributed by atoms with Crippen LogP contribution in [0.3, 0.4) is 0 Å². The molecule has 0 aliphatic carbocycles. The Balaban J connectivity index is 1.46. The van der Waals surface area contributed by atoms with Gasteiger partial charge >= 0.3 is 6.18 Å². The number of ether oxygens (including phenoxy) is 1. The standard InChI is InChI=1S/C28H27ClF4N4O3S/c1-40-9-8-36-16-21(30)13-22(36)6-7-37-26(38)25(41-27(37)39)11-17-2-5-24(19(10-17)14-34)35-15-18-3-4-20(29)12-23(18)28(31,32)33/h2-7,10-12,14,21-22,34-35H,8-9,13,15-16H2,1H3/b7-6+,25-11-,34-14?/t21-,22?/m1/s1. The first-order chi connectivity index (χ1) is 19.5. The van der Waals surface area contributed by atoms with Crippen LogP contribution in [0.25, 0.3) is 6.08 Å². The van der Waals surface area contributed by atoms with Crippen molar-refractivity contribution in [3.05, 3.63) is 80.9 Å². The number of methoxy groups -OCH3 is 1. The van der Waals surface area contributed by atoms with Crippen molar-refractivity contribution < 1.29 is 31.9 Å². The molecule has 2 aromatic carbocycles. The molecule has 2 amide bonds. The van der Waals surface area contributed by atoms with Gasteiger partial charge in [0.1, 0.15) is 6.17 Å². The van der Waals surface area contributed by atoms with Crippen LogP contribution < -0.4 is 5.32 Å². The average Bonchev–Trinajstić information content (AvgIpc) is 3.41. The van der Waals surface area contributed by atoms with Gasteiger partial charge in [-0.2, -0.15) is 13.2 Å². The second kappa shape index (κ2) is 13.2. The van der Waals surface area contributed by atoms with Crippen LogP contribution in [0.5, 0.6) is 0 Å². The molecule has 0 aromatic heterocycles. The molecular formula is C28H27ClF4N4O3S. The van der Waals surface area contributed by atoms with E-state index in [1.807, 2.05) is 4.90 Å². The Hall–Kier alpha value is -3.19. The van der Waals surface area contributed by atoms with Crippen molar-refractivity contribution in [2.75, 3.05) is 32.1 Å². The highest BCUT2D eigenvalue weighted by molar-refractivity contribution is 8.18. The fourth-order valence-electron chi connectivity index (χ4n) is 4.60. The van der Waals surface area contributed by atoms with E-state index < -0.39 is 29.1 Å². The van der Waals surface area contributed by atoms with Crippen molar-refractivity contribution >= 4 is 52.5 Å². The monoisotopic (exact) mass is 610 g/mol. The molecular weight excluding hydrogens is 584 g/mol. The Morgan fingerprint density at radius 2 is 2.00 bits per heavy atom. The molecule has 0 saturated carbocycles. The Labute approximate surface area is 243 Å². The number of likely N-dealkylation sites (tertiary alicyclic amines) is 1. The lowest BCUT2D eigenvalue weighted by molar-refractivity contribution is -0.138. The van der Waals surface area contributed by atoms with Crippen LogP contribution in [0.15, 0.2) is 53.6 Å². The van der Waals surface area contributed by atoms with E-state index in [1.54, 1.807) is 31.4 Å². The van der Waals surface area contributed by atoms with E-state index in [9.17, 15) is 27.2 Å². The third-order valence-corrected chi connectivity index (χ3v) is 7.76. The lowest BCUT2D eigenvalue weighted by Crippen LogP contribution is -2.32. The van der Waals surface area contributed by atoms with E-state index in [0.29, 0.717) is 30.0 Å². The van der Waals surface area contributed by atoms with Gasteiger partial charge in [-0.1, -0.05) is 29.8 Å². The third-order valence-electron chi connectivity index (χ3n) is 6.64. The predicted octanol–water partition coefficient (Wildman–Crippen LogP) is 6.58. The highest BCUT2D eigenvalue weighted by Gasteiger charge is 2.36. The van der Waals surface area contributed by atoms with E-state index >= 15 is 0 Å². The molecule has 0 bridgehead atoms. The molecule has 2 aliphatic heterocycles. The lowest BCUT2D eigenvalue weighted by Gasteiger charge is -2.21. The number of alkyl halides is 4. The zero-order chi connectivity index (χ0) is 29.7. The minimum atomic E-state index is -4.58. The van der Waals surface area contributed by atoms with E-state index in [1.165, 1.54) is 24.4 Å². The van der Waals surface area contributed by atoms with Crippen molar-refractivity contribution in [3.63, 3.8) is 0 Å². The van der Waals surface area contributed by atoms with Crippen molar-refractivity contribution in [1.29, 1.82) is 5.41 Å². The molecule has 0 radical (unpaired) electrons. The third kappa shape index (κ3) is 7.56. The van der Waals surface area contributed by atoms with Crippen LogP contribution in [0.2, 0.25) is 5.02 Å². The number of rotatable bonds is 10. The SMILES string of the molecule is COCCN1C[C@H](F)CC1/C=C/N1C(=O)S/C(=C\c2ccc(NCc3ccc(Cl)cc3C(F)(F)F)c(C=N)c2)C1=O. The minimum absolute atomic E-state index is 0.00917. The number of amides is 2. The van der Waals surface area contributed by atoms with Gasteiger partial charge in [0, 0.05) is 61.5 Å². The Morgan fingerprint density at radius 3 is 2.71 bits per heavy atom. The van der Waals surface area contributed by atoms with Crippen LogP contribution >= 0.6 is 23.4 Å². The minimum Gasteiger partial charge on any atom is -0.383 e. The fraction of sp³-hybridized carbons (Fsp3) is 0.321. The normalized spacial score (nSPS) is 21.0. The average molecular weight is 611 g/mol. The van der Waals surface area contributed by atoms with Crippen LogP contribution in [0.4, 0.5) is 28.0 Å². The van der Waals surface area contributed by atoms with Crippen LogP contribution in [-0.2, 0) is 22.3 Å². The molecule has 0 spiro atoms. The zero-order valence-corrected chi connectivity index (χ0v) is 23.5.